The normalized spacial score (nSPS) is 21.7. The van der Waals surface area contributed by atoms with E-state index in [1.165, 1.54) is 12.8 Å². The van der Waals surface area contributed by atoms with Crippen LogP contribution in [0.2, 0.25) is 0 Å². The van der Waals surface area contributed by atoms with Gasteiger partial charge in [-0.25, -0.2) is 0 Å². The quantitative estimate of drug-likeness (QED) is 0.744. The Bertz CT molecular complexity index is 220. The molecule has 1 atom stereocenters. The Balaban J connectivity index is 2.53. The highest BCUT2D eigenvalue weighted by molar-refractivity contribution is 5.79. The van der Waals surface area contributed by atoms with Gasteiger partial charge in [-0.1, -0.05) is 26.7 Å². The van der Waals surface area contributed by atoms with Crippen LogP contribution < -0.4 is 11.1 Å². The molecule has 3 N–H and O–H groups in total. The summed E-state index contributed by atoms with van der Waals surface area (Å²) >= 11 is 0. The number of nitrogens with one attached hydrogen (secondary N) is 1. The Labute approximate surface area is 92.8 Å². The molecule has 0 aliphatic heterocycles. The number of amides is 1. The second-order valence-corrected chi connectivity index (χ2v) is 5.34. The molecular formula is C12H24N2O. The van der Waals surface area contributed by atoms with Crippen LogP contribution in [0.25, 0.3) is 0 Å². The van der Waals surface area contributed by atoms with Gasteiger partial charge in [-0.05, 0) is 25.7 Å². The van der Waals surface area contributed by atoms with E-state index < -0.39 is 0 Å². The van der Waals surface area contributed by atoms with Gasteiger partial charge in [0.1, 0.15) is 0 Å². The number of hydrogen-bond acceptors (Lipinski definition) is 2. The zero-order chi connectivity index (χ0) is 11.5. The van der Waals surface area contributed by atoms with Crippen LogP contribution in [-0.2, 0) is 4.79 Å². The molecule has 0 saturated heterocycles. The van der Waals surface area contributed by atoms with Crippen molar-refractivity contribution in [2.24, 2.45) is 17.6 Å². The SMILES string of the molecule is CC(C)C(CN)C(=O)NC1(C)CCCC1. The maximum Gasteiger partial charge on any atom is 0.225 e. The van der Waals surface area contributed by atoms with Gasteiger partial charge in [0, 0.05) is 12.1 Å². The van der Waals surface area contributed by atoms with Crippen LogP contribution in [0.1, 0.15) is 46.5 Å². The minimum atomic E-state index is -0.0394. The van der Waals surface area contributed by atoms with Crippen molar-refractivity contribution in [1.82, 2.24) is 5.32 Å². The number of hydrogen-bond donors (Lipinski definition) is 2. The highest BCUT2D eigenvalue weighted by Gasteiger charge is 2.32. The Hall–Kier alpha value is -0.570. The Morgan fingerprint density at radius 3 is 2.33 bits per heavy atom. The van der Waals surface area contributed by atoms with Crippen molar-refractivity contribution in [2.45, 2.75) is 52.0 Å². The molecule has 3 nitrogen and oxygen atoms in total. The molecule has 1 unspecified atom stereocenters. The lowest BCUT2D eigenvalue weighted by Crippen LogP contribution is -2.48. The lowest BCUT2D eigenvalue weighted by molar-refractivity contribution is -0.127. The first-order valence-corrected chi connectivity index (χ1v) is 6.00. The summed E-state index contributed by atoms with van der Waals surface area (Å²) in [5.74, 6) is 0.416. The largest absolute Gasteiger partial charge is 0.351 e. The molecule has 0 aromatic heterocycles. The minimum absolute atomic E-state index is 0.0272. The van der Waals surface area contributed by atoms with Crippen molar-refractivity contribution >= 4 is 5.91 Å². The highest BCUT2D eigenvalue weighted by Crippen LogP contribution is 2.29. The minimum Gasteiger partial charge on any atom is -0.351 e. The fourth-order valence-corrected chi connectivity index (χ4v) is 2.35. The Kier molecular flexibility index (Phi) is 4.14. The first-order valence-electron chi connectivity index (χ1n) is 6.00. The number of carbonyl (C=O) groups is 1. The molecule has 0 aromatic carbocycles. The number of rotatable bonds is 4. The molecule has 1 fully saturated rings. The number of carbonyl (C=O) groups excluding carboxylic acids is 1. The molecular weight excluding hydrogens is 188 g/mol. The summed E-state index contributed by atoms with van der Waals surface area (Å²) in [7, 11) is 0. The molecule has 1 aliphatic carbocycles. The van der Waals surface area contributed by atoms with Crippen molar-refractivity contribution < 1.29 is 4.79 Å². The summed E-state index contributed by atoms with van der Waals surface area (Å²) in [4.78, 5) is 12.0. The van der Waals surface area contributed by atoms with Crippen molar-refractivity contribution in [1.29, 1.82) is 0 Å². The van der Waals surface area contributed by atoms with Gasteiger partial charge in [0.25, 0.3) is 0 Å². The molecule has 1 aliphatic rings. The topological polar surface area (TPSA) is 55.1 Å². The van der Waals surface area contributed by atoms with E-state index in [2.05, 4.69) is 12.2 Å². The van der Waals surface area contributed by atoms with Gasteiger partial charge >= 0.3 is 0 Å². The summed E-state index contributed by atoms with van der Waals surface area (Å²) in [6.45, 7) is 6.69. The first-order chi connectivity index (χ1) is 6.98. The van der Waals surface area contributed by atoms with Crippen molar-refractivity contribution in [3.05, 3.63) is 0 Å². The zero-order valence-corrected chi connectivity index (χ0v) is 10.2. The van der Waals surface area contributed by atoms with Crippen molar-refractivity contribution in [3.63, 3.8) is 0 Å². The molecule has 1 amide bonds. The maximum atomic E-state index is 12.0. The average Bonchev–Trinajstić information content (AvgIpc) is 2.51. The predicted octanol–water partition coefficient (Wildman–Crippen LogP) is 1.67. The van der Waals surface area contributed by atoms with E-state index in [4.69, 9.17) is 5.73 Å². The fourth-order valence-electron chi connectivity index (χ4n) is 2.35. The second-order valence-electron chi connectivity index (χ2n) is 5.34. The van der Waals surface area contributed by atoms with Crippen molar-refractivity contribution in [3.8, 4) is 0 Å². The Morgan fingerprint density at radius 1 is 1.40 bits per heavy atom. The first kappa shape index (κ1) is 12.5. The van der Waals surface area contributed by atoms with E-state index in [-0.39, 0.29) is 17.4 Å². The van der Waals surface area contributed by atoms with Crippen LogP contribution in [0.3, 0.4) is 0 Å². The van der Waals surface area contributed by atoms with Crippen LogP contribution >= 0.6 is 0 Å². The molecule has 15 heavy (non-hydrogen) atoms. The van der Waals surface area contributed by atoms with Gasteiger partial charge in [-0.2, -0.15) is 0 Å². The van der Waals surface area contributed by atoms with Gasteiger partial charge in [0.05, 0.1) is 5.92 Å². The van der Waals surface area contributed by atoms with E-state index in [0.29, 0.717) is 12.5 Å². The van der Waals surface area contributed by atoms with Crippen LogP contribution in [0.5, 0.6) is 0 Å². The van der Waals surface area contributed by atoms with Crippen molar-refractivity contribution in [2.75, 3.05) is 6.54 Å². The molecule has 1 saturated carbocycles. The lowest BCUT2D eigenvalue weighted by atomic mass is 9.92. The summed E-state index contributed by atoms with van der Waals surface area (Å²) in [6, 6.07) is 0. The predicted molar refractivity (Wildman–Crippen MR) is 62.4 cm³/mol. The summed E-state index contributed by atoms with van der Waals surface area (Å²) < 4.78 is 0. The third-order valence-corrected chi connectivity index (χ3v) is 3.53. The molecule has 0 bridgehead atoms. The lowest BCUT2D eigenvalue weighted by Gasteiger charge is -2.29. The van der Waals surface area contributed by atoms with Gasteiger partial charge in [0.15, 0.2) is 0 Å². The summed E-state index contributed by atoms with van der Waals surface area (Å²) in [5, 5.41) is 3.17. The third-order valence-electron chi connectivity index (χ3n) is 3.53. The van der Waals surface area contributed by atoms with Crippen LogP contribution in [0.4, 0.5) is 0 Å². The van der Waals surface area contributed by atoms with Gasteiger partial charge < -0.3 is 11.1 Å². The van der Waals surface area contributed by atoms with Gasteiger partial charge in [-0.3, -0.25) is 4.79 Å². The fraction of sp³-hybridized carbons (Fsp3) is 0.917. The van der Waals surface area contributed by atoms with E-state index >= 15 is 0 Å². The molecule has 0 heterocycles. The van der Waals surface area contributed by atoms with Crippen LogP contribution in [0, 0.1) is 11.8 Å². The van der Waals surface area contributed by atoms with Gasteiger partial charge in [0.2, 0.25) is 5.91 Å². The zero-order valence-electron chi connectivity index (χ0n) is 10.2. The molecule has 1 rings (SSSR count). The van der Waals surface area contributed by atoms with Crippen LogP contribution in [-0.4, -0.2) is 18.0 Å². The third kappa shape index (κ3) is 3.20. The Morgan fingerprint density at radius 2 is 1.93 bits per heavy atom. The van der Waals surface area contributed by atoms with E-state index in [1.807, 2.05) is 13.8 Å². The average molecular weight is 212 g/mol. The standard InChI is InChI=1S/C12H24N2O/c1-9(2)10(8-13)11(15)14-12(3)6-4-5-7-12/h9-10H,4-8,13H2,1-3H3,(H,14,15). The molecule has 88 valence electrons. The molecule has 3 heteroatoms. The molecule has 0 radical (unpaired) electrons. The summed E-state index contributed by atoms with van der Waals surface area (Å²) in [5.41, 5.74) is 5.66. The van der Waals surface area contributed by atoms with Crippen LogP contribution in [0.15, 0.2) is 0 Å². The van der Waals surface area contributed by atoms with Gasteiger partial charge in [-0.15, -0.1) is 0 Å². The smallest absolute Gasteiger partial charge is 0.225 e. The monoisotopic (exact) mass is 212 g/mol. The summed E-state index contributed by atoms with van der Waals surface area (Å²) in [6.07, 6.45) is 4.67. The van der Waals surface area contributed by atoms with E-state index in [9.17, 15) is 4.79 Å². The number of nitrogens with two attached hydrogens (primary N) is 1. The van der Waals surface area contributed by atoms with E-state index in [0.717, 1.165) is 12.8 Å². The maximum absolute atomic E-state index is 12.0. The molecule has 0 spiro atoms. The van der Waals surface area contributed by atoms with E-state index in [1.54, 1.807) is 0 Å². The second kappa shape index (κ2) is 4.97. The molecule has 0 aromatic rings. The highest BCUT2D eigenvalue weighted by atomic mass is 16.2.